The lowest BCUT2D eigenvalue weighted by Crippen LogP contribution is -2.36. The second-order valence-electron chi connectivity index (χ2n) is 3.33. The molecule has 0 aromatic rings. The molecule has 0 aromatic carbocycles. The smallest absolute Gasteiger partial charge is 0.331 e. The molecule has 0 saturated heterocycles. The van der Waals surface area contributed by atoms with E-state index in [4.69, 9.17) is 4.74 Å². The van der Waals surface area contributed by atoms with Gasteiger partial charge in [0.25, 0.3) is 0 Å². The average Bonchev–Trinajstić information content (AvgIpc) is 2.31. The number of cyclic esters (lactones) is 1. The van der Waals surface area contributed by atoms with Crippen LogP contribution in [0.1, 0.15) is 20.3 Å². The molecule has 0 fully saturated rings. The summed E-state index contributed by atoms with van der Waals surface area (Å²) in [5.41, 5.74) is -0.266. The molecule has 0 aromatic heterocycles. The van der Waals surface area contributed by atoms with Crippen LogP contribution < -0.4 is 0 Å². The van der Waals surface area contributed by atoms with Gasteiger partial charge in [0.2, 0.25) is 0 Å². The van der Waals surface area contributed by atoms with Crippen LogP contribution in [0.4, 0.5) is 0 Å². The van der Waals surface area contributed by atoms with Gasteiger partial charge in [-0.3, -0.25) is 4.79 Å². The number of hydrogen-bond donors (Lipinski definition) is 0. The normalized spacial score (nSPS) is 25.8. The lowest BCUT2D eigenvalue weighted by molar-refractivity contribution is -0.153. The molecule has 0 N–H and O–H groups in total. The number of carbonyl (C=O) groups is 2. The van der Waals surface area contributed by atoms with E-state index in [1.165, 1.54) is 19.1 Å². The second kappa shape index (κ2) is 3.17. The van der Waals surface area contributed by atoms with Crippen molar-refractivity contribution in [1.29, 1.82) is 0 Å². The van der Waals surface area contributed by atoms with E-state index in [2.05, 4.69) is 6.58 Å². The van der Waals surface area contributed by atoms with Crippen molar-refractivity contribution in [3.63, 3.8) is 0 Å². The largest absolute Gasteiger partial charge is 0.443 e. The fraction of sp³-hybridized carbons (Fsp3) is 0.400. The Bertz CT molecular complexity index is 301. The van der Waals surface area contributed by atoms with Gasteiger partial charge in [0.05, 0.1) is 0 Å². The maximum absolute atomic E-state index is 11.3. The van der Waals surface area contributed by atoms with Crippen LogP contribution in [0.2, 0.25) is 0 Å². The highest BCUT2D eigenvalue weighted by Crippen LogP contribution is 2.27. The molecule has 1 heterocycles. The molecule has 0 radical (unpaired) electrons. The minimum absolute atomic E-state index is 0.169. The Balaban J connectivity index is 2.91. The summed E-state index contributed by atoms with van der Waals surface area (Å²) in [5.74, 6) is -0.631. The Morgan fingerprint density at radius 1 is 1.62 bits per heavy atom. The summed E-state index contributed by atoms with van der Waals surface area (Å²) in [6, 6.07) is 0. The molecular formula is C10H12O3. The van der Waals surface area contributed by atoms with Crippen molar-refractivity contribution in [1.82, 2.24) is 0 Å². The first-order chi connectivity index (χ1) is 5.96. The molecule has 1 unspecified atom stereocenters. The van der Waals surface area contributed by atoms with E-state index in [-0.39, 0.29) is 5.78 Å². The van der Waals surface area contributed by atoms with Crippen LogP contribution >= 0.6 is 0 Å². The van der Waals surface area contributed by atoms with Crippen LogP contribution in [-0.4, -0.2) is 17.4 Å². The van der Waals surface area contributed by atoms with E-state index in [0.29, 0.717) is 6.42 Å². The number of ether oxygens (including phenoxy) is 1. The fourth-order valence-electron chi connectivity index (χ4n) is 1.31. The number of carbonyl (C=O) groups excluding carboxylic acids is 2. The molecule has 0 bridgehead atoms. The molecular weight excluding hydrogens is 168 g/mol. The highest BCUT2D eigenvalue weighted by Gasteiger charge is 2.40. The zero-order valence-electron chi connectivity index (χ0n) is 7.79. The maximum Gasteiger partial charge on any atom is 0.331 e. The Morgan fingerprint density at radius 3 is 2.54 bits per heavy atom. The summed E-state index contributed by atoms with van der Waals surface area (Å²) in [7, 11) is 0. The monoisotopic (exact) mass is 180 g/mol. The van der Waals surface area contributed by atoms with E-state index in [1.807, 2.05) is 0 Å². The SMILES string of the molecule is C=C(C)CC1(C(C)=O)C=CC(=O)O1. The van der Waals surface area contributed by atoms with Crippen molar-refractivity contribution in [2.45, 2.75) is 25.9 Å². The van der Waals surface area contributed by atoms with E-state index in [1.54, 1.807) is 6.92 Å². The van der Waals surface area contributed by atoms with E-state index in [9.17, 15) is 9.59 Å². The highest BCUT2D eigenvalue weighted by molar-refractivity contribution is 5.96. The van der Waals surface area contributed by atoms with Crippen LogP contribution in [0.15, 0.2) is 24.3 Å². The molecule has 1 rings (SSSR count). The van der Waals surface area contributed by atoms with Gasteiger partial charge in [-0.25, -0.2) is 4.79 Å². The summed E-state index contributed by atoms with van der Waals surface area (Å²) in [6.07, 6.45) is 3.15. The Kier molecular flexibility index (Phi) is 2.36. The van der Waals surface area contributed by atoms with E-state index in [0.717, 1.165) is 5.57 Å². The number of rotatable bonds is 3. The molecule has 13 heavy (non-hydrogen) atoms. The first kappa shape index (κ1) is 9.71. The zero-order valence-corrected chi connectivity index (χ0v) is 7.79. The third-order valence-corrected chi connectivity index (χ3v) is 1.93. The summed E-state index contributed by atoms with van der Waals surface area (Å²) in [5, 5.41) is 0. The molecule has 0 amide bonds. The Hall–Kier alpha value is -1.38. The van der Waals surface area contributed by atoms with Crippen molar-refractivity contribution < 1.29 is 14.3 Å². The zero-order chi connectivity index (χ0) is 10.1. The third kappa shape index (κ3) is 1.86. The van der Waals surface area contributed by atoms with Gasteiger partial charge >= 0.3 is 5.97 Å². The average molecular weight is 180 g/mol. The summed E-state index contributed by atoms with van der Waals surface area (Å²) in [4.78, 5) is 22.1. The molecule has 3 heteroatoms. The van der Waals surface area contributed by atoms with Gasteiger partial charge < -0.3 is 4.74 Å². The van der Waals surface area contributed by atoms with Gasteiger partial charge in [-0.15, -0.1) is 0 Å². The summed E-state index contributed by atoms with van der Waals surface area (Å²) in [6.45, 7) is 6.90. The lowest BCUT2D eigenvalue weighted by atomic mass is 9.92. The third-order valence-electron chi connectivity index (χ3n) is 1.93. The van der Waals surface area contributed by atoms with Crippen molar-refractivity contribution in [3.8, 4) is 0 Å². The number of ketones is 1. The minimum atomic E-state index is -1.08. The highest BCUT2D eigenvalue weighted by atomic mass is 16.6. The topological polar surface area (TPSA) is 43.4 Å². The molecule has 0 saturated carbocycles. The predicted molar refractivity (Wildman–Crippen MR) is 48.1 cm³/mol. The van der Waals surface area contributed by atoms with Gasteiger partial charge in [0.15, 0.2) is 11.4 Å². The lowest BCUT2D eigenvalue weighted by Gasteiger charge is -2.23. The first-order valence-electron chi connectivity index (χ1n) is 4.04. The minimum Gasteiger partial charge on any atom is -0.443 e. The van der Waals surface area contributed by atoms with Crippen LogP contribution in [-0.2, 0) is 14.3 Å². The van der Waals surface area contributed by atoms with Crippen molar-refractivity contribution in [3.05, 3.63) is 24.3 Å². The molecule has 70 valence electrons. The van der Waals surface area contributed by atoms with Gasteiger partial charge in [-0.1, -0.05) is 12.2 Å². The van der Waals surface area contributed by atoms with Crippen LogP contribution in [0, 0.1) is 0 Å². The Morgan fingerprint density at radius 2 is 2.23 bits per heavy atom. The molecule has 1 aliphatic rings. The van der Waals surface area contributed by atoms with E-state index >= 15 is 0 Å². The molecule has 3 nitrogen and oxygen atoms in total. The van der Waals surface area contributed by atoms with Gasteiger partial charge in [0.1, 0.15) is 0 Å². The molecule has 0 spiro atoms. The number of esters is 1. The molecule has 0 aliphatic carbocycles. The standard InChI is InChI=1S/C10H12O3/c1-7(2)6-10(8(3)11)5-4-9(12)13-10/h4-5H,1,6H2,2-3H3. The van der Waals surface area contributed by atoms with Gasteiger partial charge in [-0.2, -0.15) is 0 Å². The molecule has 1 aliphatic heterocycles. The number of Topliss-reactive ketones (excluding diaryl/α,β-unsaturated/α-hetero) is 1. The Labute approximate surface area is 77.1 Å². The number of hydrogen-bond acceptors (Lipinski definition) is 3. The van der Waals surface area contributed by atoms with Crippen LogP contribution in [0.5, 0.6) is 0 Å². The van der Waals surface area contributed by atoms with Crippen LogP contribution in [0.3, 0.4) is 0 Å². The maximum atomic E-state index is 11.3. The quantitative estimate of drug-likeness (QED) is 0.487. The first-order valence-corrected chi connectivity index (χ1v) is 4.04. The fourth-order valence-corrected chi connectivity index (χ4v) is 1.31. The second-order valence-corrected chi connectivity index (χ2v) is 3.33. The van der Waals surface area contributed by atoms with Gasteiger partial charge in [-0.05, 0) is 19.9 Å². The predicted octanol–water partition coefficient (Wildman–Crippen LogP) is 1.39. The summed E-state index contributed by atoms with van der Waals surface area (Å²) < 4.78 is 4.96. The van der Waals surface area contributed by atoms with Gasteiger partial charge in [0, 0.05) is 12.5 Å². The van der Waals surface area contributed by atoms with Crippen LogP contribution in [0.25, 0.3) is 0 Å². The van der Waals surface area contributed by atoms with Crippen molar-refractivity contribution >= 4 is 11.8 Å². The van der Waals surface area contributed by atoms with Crippen molar-refractivity contribution in [2.24, 2.45) is 0 Å². The van der Waals surface area contributed by atoms with E-state index < -0.39 is 11.6 Å². The molecule has 1 atom stereocenters. The summed E-state index contributed by atoms with van der Waals surface area (Å²) >= 11 is 0. The van der Waals surface area contributed by atoms with Crippen molar-refractivity contribution in [2.75, 3.05) is 0 Å².